The van der Waals surface area contributed by atoms with Crippen LogP contribution in [-0.4, -0.2) is 38.9 Å². The van der Waals surface area contributed by atoms with E-state index in [1.807, 2.05) is 0 Å². The summed E-state index contributed by atoms with van der Waals surface area (Å²) in [5, 5.41) is 10.2. The smallest absolute Gasteiger partial charge is 0.421 e. The Morgan fingerprint density at radius 2 is 2.17 bits per heavy atom. The Hall–Kier alpha value is -2.85. The van der Waals surface area contributed by atoms with Gasteiger partial charge in [0.15, 0.2) is 0 Å². The fourth-order valence-corrected chi connectivity index (χ4v) is 3.87. The molecule has 2 aromatic heterocycles. The zero-order valence-electron chi connectivity index (χ0n) is 15.6. The second kappa shape index (κ2) is 6.07. The SMILES string of the molecule is CCNc1nc(Nc2cc([C@]34CC3COC4=O)nn2C2CC2)ncc1C(F)(F)F. The fraction of sp³-hybridized carbons (Fsp3) is 0.556. The normalized spacial score (nSPS) is 25.5. The Balaban J connectivity index is 1.48. The number of ether oxygens (including phenoxy) is 1. The van der Waals surface area contributed by atoms with E-state index in [-0.39, 0.29) is 36.2 Å². The standard InChI is InChI=1S/C18H19F3N6O2/c1-2-22-14-11(18(19,20)21)7-23-16(25-14)24-13-5-12(26-27(13)10-3-4-10)17-6-9(17)8-29-15(17)28/h5,7,9-10H,2-4,6,8H2,1H3,(H2,22,23,24,25)/t9?,17-/m0/s1. The van der Waals surface area contributed by atoms with Crippen LogP contribution in [0.2, 0.25) is 0 Å². The summed E-state index contributed by atoms with van der Waals surface area (Å²) in [6, 6.07) is 1.96. The number of aromatic nitrogens is 4. The molecular weight excluding hydrogens is 389 g/mol. The van der Waals surface area contributed by atoms with E-state index in [1.54, 1.807) is 17.7 Å². The molecule has 1 aliphatic heterocycles. The zero-order valence-corrected chi connectivity index (χ0v) is 15.6. The van der Waals surface area contributed by atoms with Crippen LogP contribution in [0.5, 0.6) is 0 Å². The van der Waals surface area contributed by atoms with Crippen LogP contribution in [0, 0.1) is 5.92 Å². The average molecular weight is 408 g/mol. The lowest BCUT2D eigenvalue weighted by Gasteiger charge is -2.14. The molecule has 2 atom stereocenters. The van der Waals surface area contributed by atoms with Gasteiger partial charge in [-0.1, -0.05) is 0 Å². The van der Waals surface area contributed by atoms with Crippen LogP contribution in [-0.2, 0) is 21.1 Å². The molecule has 0 spiro atoms. The van der Waals surface area contributed by atoms with E-state index >= 15 is 0 Å². The van der Waals surface area contributed by atoms with Crippen molar-refractivity contribution in [2.24, 2.45) is 5.92 Å². The third-order valence-electron chi connectivity index (χ3n) is 5.65. The number of hydrogen-bond acceptors (Lipinski definition) is 7. The van der Waals surface area contributed by atoms with Gasteiger partial charge in [0.2, 0.25) is 5.95 Å². The van der Waals surface area contributed by atoms with Crippen molar-refractivity contribution in [1.82, 2.24) is 19.7 Å². The van der Waals surface area contributed by atoms with Gasteiger partial charge in [-0.25, -0.2) is 9.67 Å². The first-order valence-corrected chi connectivity index (χ1v) is 9.55. The van der Waals surface area contributed by atoms with E-state index in [0.29, 0.717) is 24.5 Å². The number of nitrogens with zero attached hydrogens (tertiary/aromatic N) is 4. The summed E-state index contributed by atoms with van der Waals surface area (Å²) in [7, 11) is 0. The van der Waals surface area contributed by atoms with Gasteiger partial charge >= 0.3 is 12.1 Å². The third-order valence-corrected chi connectivity index (χ3v) is 5.65. The number of anilines is 3. The lowest BCUT2D eigenvalue weighted by molar-refractivity contribution is -0.142. The summed E-state index contributed by atoms with van der Waals surface area (Å²) in [6.07, 6.45) is -1.17. The molecule has 2 aliphatic carbocycles. The minimum atomic E-state index is -4.55. The van der Waals surface area contributed by atoms with E-state index in [4.69, 9.17) is 4.74 Å². The summed E-state index contributed by atoms with van der Waals surface area (Å²) in [5.74, 6) is 0.198. The maximum absolute atomic E-state index is 13.2. The third kappa shape index (κ3) is 2.90. The highest BCUT2D eigenvalue weighted by molar-refractivity contribution is 5.89. The van der Waals surface area contributed by atoms with Crippen molar-refractivity contribution in [3.05, 3.63) is 23.5 Å². The average Bonchev–Trinajstić information content (AvgIpc) is 3.56. The number of carbonyl (C=O) groups is 1. The first-order valence-electron chi connectivity index (χ1n) is 9.55. The van der Waals surface area contributed by atoms with Crippen molar-refractivity contribution in [2.45, 2.75) is 43.8 Å². The maximum atomic E-state index is 13.2. The van der Waals surface area contributed by atoms with Gasteiger partial charge < -0.3 is 15.4 Å². The van der Waals surface area contributed by atoms with Crippen LogP contribution >= 0.6 is 0 Å². The lowest BCUT2D eigenvalue weighted by Crippen LogP contribution is -2.19. The molecule has 154 valence electrons. The largest absolute Gasteiger partial charge is 0.465 e. The number of esters is 1. The molecule has 2 N–H and O–H groups in total. The molecule has 3 heterocycles. The van der Waals surface area contributed by atoms with Gasteiger partial charge in [-0.15, -0.1) is 0 Å². The fourth-order valence-electron chi connectivity index (χ4n) is 3.87. The van der Waals surface area contributed by atoms with E-state index < -0.39 is 17.2 Å². The minimum absolute atomic E-state index is 0.0288. The van der Waals surface area contributed by atoms with Gasteiger partial charge in [0, 0.05) is 24.7 Å². The predicted molar refractivity (Wildman–Crippen MR) is 95.7 cm³/mol. The molecule has 0 amide bonds. The summed E-state index contributed by atoms with van der Waals surface area (Å²) >= 11 is 0. The van der Waals surface area contributed by atoms with Crippen molar-refractivity contribution in [2.75, 3.05) is 23.8 Å². The number of fused-ring (bicyclic) bond motifs is 1. The highest BCUT2D eigenvalue weighted by atomic mass is 19.4. The van der Waals surface area contributed by atoms with Gasteiger partial charge in [-0.3, -0.25) is 4.79 Å². The summed E-state index contributed by atoms with van der Waals surface area (Å²) in [4.78, 5) is 20.1. The Morgan fingerprint density at radius 1 is 1.38 bits per heavy atom. The zero-order chi connectivity index (χ0) is 20.4. The van der Waals surface area contributed by atoms with Crippen LogP contribution in [0.4, 0.5) is 30.8 Å². The Bertz CT molecular complexity index is 986. The molecule has 2 aromatic rings. The monoisotopic (exact) mass is 408 g/mol. The molecule has 3 aliphatic rings. The van der Waals surface area contributed by atoms with Crippen LogP contribution in [0.1, 0.15) is 43.5 Å². The molecule has 1 unspecified atom stereocenters. The van der Waals surface area contributed by atoms with Crippen LogP contribution in [0.15, 0.2) is 12.3 Å². The highest BCUT2D eigenvalue weighted by Gasteiger charge is 2.68. The molecule has 1 saturated heterocycles. The molecular formula is C18H19F3N6O2. The summed E-state index contributed by atoms with van der Waals surface area (Å²) in [6.45, 7) is 2.39. The predicted octanol–water partition coefficient (Wildman–Crippen LogP) is 3.02. The molecule has 2 saturated carbocycles. The van der Waals surface area contributed by atoms with E-state index in [0.717, 1.165) is 19.0 Å². The van der Waals surface area contributed by atoms with E-state index in [1.165, 1.54) is 0 Å². The number of cyclic esters (lactones) is 1. The maximum Gasteiger partial charge on any atom is 0.421 e. The number of carbonyl (C=O) groups excluding carboxylic acids is 1. The van der Waals surface area contributed by atoms with Crippen molar-refractivity contribution in [3.8, 4) is 0 Å². The number of nitrogens with one attached hydrogen (secondary N) is 2. The first-order chi connectivity index (χ1) is 13.8. The van der Waals surface area contributed by atoms with Gasteiger partial charge in [0.05, 0.1) is 18.3 Å². The highest BCUT2D eigenvalue weighted by Crippen LogP contribution is 2.59. The molecule has 3 fully saturated rings. The number of hydrogen-bond donors (Lipinski definition) is 2. The minimum Gasteiger partial charge on any atom is -0.465 e. The van der Waals surface area contributed by atoms with E-state index in [2.05, 4.69) is 25.7 Å². The Labute approximate surface area is 163 Å². The van der Waals surface area contributed by atoms with Gasteiger partial charge in [-0.05, 0) is 26.2 Å². The Kier molecular flexibility index (Phi) is 3.81. The lowest BCUT2D eigenvalue weighted by atomic mass is 10.0. The number of rotatable bonds is 6. The van der Waals surface area contributed by atoms with Gasteiger partial charge in [0.25, 0.3) is 0 Å². The van der Waals surface area contributed by atoms with Crippen molar-refractivity contribution in [1.29, 1.82) is 0 Å². The van der Waals surface area contributed by atoms with Gasteiger partial charge in [-0.2, -0.15) is 23.3 Å². The molecule has 0 bridgehead atoms. The number of halogens is 3. The van der Waals surface area contributed by atoms with E-state index in [9.17, 15) is 18.0 Å². The summed E-state index contributed by atoms with van der Waals surface area (Å²) < 4.78 is 46.4. The second-order valence-electron chi connectivity index (χ2n) is 7.67. The van der Waals surface area contributed by atoms with Crippen LogP contribution in [0.3, 0.4) is 0 Å². The summed E-state index contributed by atoms with van der Waals surface area (Å²) in [5.41, 5.74) is -0.958. The second-order valence-corrected chi connectivity index (χ2v) is 7.67. The molecule has 0 radical (unpaired) electrons. The quantitative estimate of drug-likeness (QED) is 0.710. The van der Waals surface area contributed by atoms with Crippen molar-refractivity contribution < 1.29 is 22.7 Å². The van der Waals surface area contributed by atoms with Crippen LogP contribution < -0.4 is 10.6 Å². The molecule has 8 nitrogen and oxygen atoms in total. The number of alkyl halides is 3. The van der Waals surface area contributed by atoms with Crippen LogP contribution in [0.25, 0.3) is 0 Å². The van der Waals surface area contributed by atoms with Crippen molar-refractivity contribution in [3.63, 3.8) is 0 Å². The van der Waals surface area contributed by atoms with Gasteiger partial charge in [0.1, 0.15) is 22.6 Å². The Morgan fingerprint density at radius 3 is 2.76 bits per heavy atom. The molecule has 11 heteroatoms. The molecule has 0 aromatic carbocycles. The first kappa shape index (κ1) is 18.2. The topological polar surface area (TPSA) is 94.0 Å². The molecule has 29 heavy (non-hydrogen) atoms. The molecule has 5 rings (SSSR count). The van der Waals surface area contributed by atoms with Crippen molar-refractivity contribution >= 4 is 23.6 Å².